The van der Waals surface area contributed by atoms with Gasteiger partial charge in [0.15, 0.2) is 0 Å². The molecule has 0 aliphatic carbocycles. The van der Waals surface area contributed by atoms with Crippen molar-refractivity contribution in [3.8, 4) is 0 Å². The van der Waals surface area contributed by atoms with Crippen LogP contribution < -0.4 is 0 Å². The Morgan fingerprint density at radius 1 is 1.35 bits per heavy atom. The highest BCUT2D eigenvalue weighted by molar-refractivity contribution is 7.89. The fourth-order valence-corrected chi connectivity index (χ4v) is 4.56. The maximum absolute atomic E-state index is 13.9. The quantitative estimate of drug-likeness (QED) is 0.933. The monoisotopic (exact) mass is 341 g/mol. The summed E-state index contributed by atoms with van der Waals surface area (Å²) in [6.07, 6.45) is 3.20. The number of halogens is 2. The zero-order valence-corrected chi connectivity index (χ0v) is 13.4. The number of hydrogen-bond acceptors (Lipinski definition) is 3. The van der Waals surface area contributed by atoms with Crippen molar-refractivity contribution < 1.29 is 17.2 Å². The second-order valence-corrected chi connectivity index (χ2v) is 7.65. The topological polar surface area (TPSA) is 66.1 Å². The van der Waals surface area contributed by atoms with E-state index in [0.29, 0.717) is 19.0 Å². The van der Waals surface area contributed by atoms with Gasteiger partial charge in [-0.1, -0.05) is 0 Å². The van der Waals surface area contributed by atoms with Gasteiger partial charge in [0.25, 0.3) is 0 Å². The summed E-state index contributed by atoms with van der Waals surface area (Å²) in [7, 11) is -3.99. The summed E-state index contributed by atoms with van der Waals surface area (Å²) in [4.78, 5) is -0.485. The average molecular weight is 341 g/mol. The molecule has 3 rings (SSSR count). The van der Waals surface area contributed by atoms with E-state index in [1.165, 1.54) is 4.31 Å². The minimum Gasteiger partial charge on any atom is -0.282 e. The largest absolute Gasteiger partial charge is 0.282 e. The molecular weight excluding hydrogens is 324 g/mol. The molecule has 124 valence electrons. The summed E-state index contributed by atoms with van der Waals surface area (Å²) in [5.74, 6) is -1.87. The fraction of sp³-hybridized carbons (Fsp3) is 0.400. The molecule has 1 aromatic heterocycles. The Balaban J connectivity index is 1.89. The standard InChI is InChI=1S/C15H17F2N3O2S/c1-10-8-18-19-15(10)11-3-2-6-20(9-11)23(21,22)14-5-4-12(16)7-13(14)17/h4-5,7-8,11H,2-3,6,9H2,1H3,(H,18,19)/t11-/m0/s1. The minimum absolute atomic E-state index is 0.00969. The average Bonchev–Trinajstić information content (AvgIpc) is 2.93. The molecule has 0 amide bonds. The number of aryl methyl sites for hydroxylation is 1. The van der Waals surface area contributed by atoms with E-state index in [1.807, 2.05) is 6.92 Å². The highest BCUT2D eigenvalue weighted by Crippen LogP contribution is 2.31. The molecule has 0 radical (unpaired) electrons. The lowest BCUT2D eigenvalue weighted by molar-refractivity contribution is 0.311. The van der Waals surface area contributed by atoms with Crippen molar-refractivity contribution in [2.75, 3.05) is 13.1 Å². The molecule has 0 bridgehead atoms. The number of nitrogens with zero attached hydrogens (tertiary/aromatic N) is 2. The van der Waals surface area contributed by atoms with Gasteiger partial charge >= 0.3 is 0 Å². The molecule has 23 heavy (non-hydrogen) atoms. The van der Waals surface area contributed by atoms with Crippen molar-refractivity contribution in [3.05, 3.63) is 47.3 Å². The lowest BCUT2D eigenvalue weighted by atomic mass is 9.94. The van der Waals surface area contributed by atoms with Crippen molar-refractivity contribution in [2.24, 2.45) is 0 Å². The van der Waals surface area contributed by atoms with Gasteiger partial charge in [0, 0.05) is 30.8 Å². The van der Waals surface area contributed by atoms with Gasteiger partial charge in [-0.2, -0.15) is 9.40 Å². The van der Waals surface area contributed by atoms with Crippen LogP contribution in [0.3, 0.4) is 0 Å². The molecule has 1 aliphatic rings. The van der Waals surface area contributed by atoms with E-state index < -0.39 is 26.6 Å². The third-order valence-corrected chi connectivity index (χ3v) is 6.07. The molecular formula is C15H17F2N3O2S. The van der Waals surface area contributed by atoms with E-state index >= 15 is 0 Å². The summed E-state index contributed by atoms with van der Waals surface area (Å²) in [6.45, 7) is 2.48. The van der Waals surface area contributed by atoms with Crippen molar-refractivity contribution in [1.82, 2.24) is 14.5 Å². The molecule has 1 fully saturated rings. The van der Waals surface area contributed by atoms with Crippen LogP contribution >= 0.6 is 0 Å². The van der Waals surface area contributed by atoms with Gasteiger partial charge in [-0.05, 0) is 37.5 Å². The Labute approximate surface area is 133 Å². The van der Waals surface area contributed by atoms with Gasteiger partial charge in [0.05, 0.1) is 6.20 Å². The third kappa shape index (κ3) is 3.00. The van der Waals surface area contributed by atoms with Crippen molar-refractivity contribution in [2.45, 2.75) is 30.6 Å². The summed E-state index contributed by atoms with van der Waals surface area (Å²) < 4.78 is 53.5. The molecule has 2 aromatic rings. The van der Waals surface area contributed by atoms with Gasteiger partial charge in [-0.15, -0.1) is 0 Å². The van der Waals surface area contributed by atoms with E-state index in [0.717, 1.165) is 29.8 Å². The summed E-state index contributed by atoms with van der Waals surface area (Å²) in [5.41, 5.74) is 1.88. The zero-order chi connectivity index (χ0) is 16.6. The van der Waals surface area contributed by atoms with Crippen LogP contribution in [0.15, 0.2) is 29.3 Å². The second-order valence-electron chi connectivity index (χ2n) is 5.74. The lowest BCUT2D eigenvalue weighted by Gasteiger charge is -2.31. The van der Waals surface area contributed by atoms with E-state index in [1.54, 1.807) is 6.20 Å². The van der Waals surface area contributed by atoms with E-state index in [-0.39, 0.29) is 12.5 Å². The van der Waals surface area contributed by atoms with Crippen LogP contribution in [0.2, 0.25) is 0 Å². The van der Waals surface area contributed by atoms with Gasteiger partial charge in [0.2, 0.25) is 10.0 Å². The second kappa shape index (κ2) is 6.01. The Kier molecular flexibility index (Phi) is 4.20. The molecule has 1 aromatic carbocycles. The van der Waals surface area contributed by atoms with Crippen LogP contribution in [0.4, 0.5) is 8.78 Å². The van der Waals surface area contributed by atoms with Gasteiger partial charge in [-0.25, -0.2) is 17.2 Å². The van der Waals surface area contributed by atoms with Crippen LogP contribution in [-0.2, 0) is 10.0 Å². The van der Waals surface area contributed by atoms with Crippen molar-refractivity contribution in [3.63, 3.8) is 0 Å². The number of rotatable bonds is 3. The van der Waals surface area contributed by atoms with E-state index in [2.05, 4.69) is 10.2 Å². The van der Waals surface area contributed by atoms with Crippen LogP contribution in [0.1, 0.15) is 30.0 Å². The van der Waals surface area contributed by atoms with Crippen LogP contribution in [0.5, 0.6) is 0 Å². The van der Waals surface area contributed by atoms with Crippen molar-refractivity contribution in [1.29, 1.82) is 0 Å². The molecule has 2 heterocycles. The number of sulfonamides is 1. The molecule has 1 saturated heterocycles. The molecule has 0 saturated carbocycles. The SMILES string of the molecule is Cc1cn[nH]c1[C@H]1CCCN(S(=O)(=O)c2ccc(F)cc2F)C1. The molecule has 1 N–H and O–H groups in total. The van der Waals surface area contributed by atoms with E-state index in [9.17, 15) is 17.2 Å². The maximum atomic E-state index is 13.9. The number of benzene rings is 1. The highest BCUT2D eigenvalue weighted by Gasteiger charge is 2.33. The lowest BCUT2D eigenvalue weighted by Crippen LogP contribution is -2.39. The van der Waals surface area contributed by atoms with Crippen LogP contribution in [0.25, 0.3) is 0 Å². The number of aromatic amines is 1. The van der Waals surface area contributed by atoms with E-state index in [4.69, 9.17) is 0 Å². The fourth-order valence-electron chi connectivity index (χ4n) is 2.99. The van der Waals surface area contributed by atoms with Crippen LogP contribution in [0, 0.1) is 18.6 Å². The summed E-state index contributed by atoms with van der Waals surface area (Å²) >= 11 is 0. The first-order valence-electron chi connectivity index (χ1n) is 7.34. The van der Waals surface area contributed by atoms with Crippen LogP contribution in [-0.4, -0.2) is 36.0 Å². The van der Waals surface area contributed by atoms with Gasteiger partial charge in [-0.3, -0.25) is 5.10 Å². The third-order valence-electron chi connectivity index (χ3n) is 4.17. The Bertz CT molecular complexity index is 820. The summed E-state index contributed by atoms with van der Waals surface area (Å²) in [5, 5.41) is 6.88. The molecule has 1 aliphatic heterocycles. The first kappa shape index (κ1) is 16.1. The number of piperidine rings is 1. The molecule has 5 nitrogen and oxygen atoms in total. The first-order valence-corrected chi connectivity index (χ1v) is 8.78. The Hall–Kier alpha value is -1.80. The predicted molar refractivity (Wildman–Crippen MR) is 80.4 cm³/mol. The Morgan fingerprint density at radius 3 is 2.78 bits per heavy atom. The minimum atomic E-state index is -3.99. The predicted octanol–water partition coefficient (Wildman–Crippen LogP) is 2.56. The number of aromatic nitrogens is 2. The maximum Gasteiger partial charge on any atom is 0.246 e. The smallest absolute Gasteiger partial charge is 0.246 e. The van der Waals surface area contributed by atoms with Gasteiger partial charge in [0.1, 0.15) is 16.5 Å². The highest BCUT2D eigenvalue weighted by atomic mass is 32.2. The molecule has 0 spiro atoms. The van der Waals surface area contributed by atoms with Crippen molar-refractivity contribution >= 4 is 10.0 Å². The number of hydrogen-bond donors (Lipinski definition) is 1. The first-order chi connectivity index (χ1) is 10.9. The molecule has 0 unspecified atom stereocenters. The van der Waals surface area contributed by atoms with Gasteiger partial charge < -0.3 is 0 Å². The molecule has 8 heteroatoms. The Morgan fingerprint density at radius 2 is 2.13 bits per heavy atom. The molecule has 1 atom stereocenters. The summed E-state index contributed by atoms with van der Waals surface area (Å²) in [6, 6.07) is 2.52. The number of nitrogens with one attached hydrogen (secondary N) is 1. The number of H-pyrrole nitrogens is 1. The zero-order valence-electron chi connectivity index (χ0n) is 12.6. The normalized spacial score (nSPS) is 19.9.